The summed E-state index contributed by atoms with van der Waals surface area (Å²) in [6, 6.07) is 10.4. The summed E-state index contributed by atoms with van der Waals surface area (Å²) in [6.45, 7) is 4.52. The minimum atomic E-state index is -0.628. The molecule has 0 radical (unpaired) electrons. The predicted molar refractivity (Wildman–Crippen MR) is 99.2 cm³/mol. The van der Waals surface area contributed by atoms with Crippen molar-refractivity contribution in [2.75, 3.05) is 11.9 Å². The molecule has 2 heterocycles. The third-order valence-electron chi connectivity index (χ3n) is 4.90. The summed E-state index contributed by atoms with van der Waals surface area (Å²) >= 11 is 0. The molecule has 2 aliphatic heterocycles. The summed E-state index contributed by atoms with van der Waals surface area (Å²) in [4.78, 5) is 26.3. The first-order chi connectivity index (χ1) is 12.8. The number of para-hydroxylation sites is 1. The van der Waals surface area contributed by atoms with E-state index in [-0.39, 0.29) is 17.4 Å². The highest BCUT2D eigenvalue weighted by molar-refractivity contribution is 5.98. The molecule has 0 saturated carbocycles. The maximum Gasteiger partial charge on any atom is 0.257 e. The lowest BCUT2D eigenvalue weighted by atomic mass is 9.99. The van der Waals surface area contributed by atoms with Crippen molar-refractivity contribution in [3.8, 4) is 5.75 Å². The van der Waals surface area contributed by atoms with Gasteiger partial charge >= 0.3 is 0 Å². The summed E-state index contributed by atoms with van der Waals surface area (Å²) < 4.78 is 20.7. The molecular formula is C21H21FN2O3. The number of ether oxygens (including phenoxy) is 1. The van der Waals surface area contributed by atoms with Crippen molar-refractivity contribution in [3.05, 3.63) is 58.9 Å². The van der Waals surface area contributed by atoms with Gasteiger partial charge in [-0.1, -0.05) is 18.2 Å². The van der Waals surface area contributed by atoms with Crippen molar-refractivity contribution < 1.29 is 18.7 Å². The van der Waals surface area contributed by atoms with Crippen molar-refractivity contribution in [2.45, 2.75) is 38.8 Å². The SMILES string of the molecule is CC1(C)CN(C(=O)c2cc3c(cc2F)NC(=O)CC3)Cc2ccccc2O1. The number of nitrogens with one attached hydrogen (secondary N) is 1. The number of amides is 2. The van der Waals surface area contributed by atoms with E-state index in [2.05, 4.69) is 5.32 Å². The number of hydrogen-bond donors (Lipinski definition) is 1. The molecular weight excluding hydrogens is 347 g/mol. The normalized spacial score (nSPS) is 17.9. The van der Waals surface area contributed by atoms with Crippen LogP contribution in [0.1, 0.15) is 41.8 Å². The van der Waals surface area contributed by atoms with Gasteiger partial charge in [0.1, 0.15) is 17.2 Å². The number of hydrogen-bond acceptors (Lipinski definition) is 3. The Morgan fingerprint density at radius 1 is 1.19 bits per heavy atom. The van der Waals surface area contributed by atoms with Crippen LogP contribution < -0.4 is 10.1 Å². The van der Waals surface area contributed by atoms with Crippen LogP contribution in [-0.2, 0) is 17.8 Å². The van der Waals surface area contributed by atoms with Gasteiger partial charge in [0.05, 0.1) is 12.1 Å². The van der Waals surface area contributed by atoms with Gasteiger partial charge < -0.3 is 15.0 Å². The van der Waals surface area contributed by atoms with E-state index in [1.165, 1.54) is 6.07 Å². The zero-order valence-electron chi connectivity index (χ0n) is 15.3. The number of carbonyl (C=O) groups is 2. The molecule has 0 aromatic heterocycles. The maximum atomic E-state index is 14.7. The Morgan fingerprint density at radius 2 is 1.96 bits per heavy atom. The van der Waals surface area contributed by atoms with Crippen LogP contribution in [0.5, 0.6) is 5.75 Å². The Hall–Kier alpha value is -2.89. The average molecular weight is 368 g/mol. The molecule has 140 valence electrons. The summed E-state index contributed by atoms with van der Waals surface area (Å²) in [5.41, 5.74) is 1.55. The van der Waals surface area contributed by atoms with Gasteiger partial charge in [0.2, 0.25) is 5.91 Å². The smallest absolute Gasteiger partial charge is 0.257 e. The molecule has 2 amide bonds. The van der Waals surface area contributed by atoms with Crippen molar-refractivity contribution in [1.29, 1.82) is 0 Å². The van der Waals surface area contributed by atoms with E-state index >= 15 is 0 Å². The molecule has 1 N–H and O–H groups in total. The summed E-state index contributed by atoms with van der Waals surface area (Å²) in [5.74, 6) is -0.395. The number of rotatable bonds is 1. The first-order valence-electron chi connectivity index (χ1n) is 9.01. The highest BCUT2D eigenvalue weighted by Gasteiger charge is 2.33. The second kappa shape index (κ2) is 6.37. The van der Waals surface area contributed by atoms with E-state index in [9.17, 15) is 14.0 Å². The molecule has 0 bridgehead atoms. The molecule has 2 aliphatic rings. The van der Waals surface area contributed by atoms with Crippen LogP contribution >= 0.6 is 0 Å². The minimum absolute atomic E-state index is 0.0279. The largest absolute Gasteiger partial charge is 0.486 e. The van der Waals surface area contributed by atoms with Gasteiger partial charge in [0.25, 0.3) is 5.91 Å². The standard InChI is InChI=1S/C21H21FN2O3/c1-21(2)12-24(11-14-5-3-4-6-18(14)27-21)20(26)15-9-13-7-8-19(25)23-17(13)10-16(15)22/h3-6,9-10H,7-8,11-12H2,1-2H3,(H,23,25). The first kappa shape index (κ1) is 17.5. The van der Waals surface area contributed by atoms with Gasteiger partial charge in [-0.2, -0.15) is 0 Å². The quantitative estimate of drug-likeness (QED) is 0.838. The van der Waals surface area contributed by atoms with Crippen molar-refractivity contribution in [3.63, 3.8) is 0 Å². The van der Waals surface area contributed by atoms with Gasteiger partial charge in [-0.3, -0.25) is 9.59 Å². The lowest BCUT2D eigenvalue weighted by molar-refractivity contribution is -0.116. The molecule has 0 spiro atoms. The zero-order valence-corrected chi connectivity index (χ0v) is 15.3. The van der Waals surface area contributed by atoms with Crippen LogP contribution in [0, 0.1) is 5.82 Å². The van der Waals surface area contributed by atoms with E-state index in [0.29, 0.717) is 31.6 Å². The molecule has 2 aromatic rings. The van der Waals surface area contributed by atoms with E-state index in [1.807, 2.05) is 38.1 Å². The first-order valence-corrected chi connectivity index (χ1v) is 9.01. The third kappa shape index (κ3) is 3.39. The fourth-order valence-electron chi connectivity index (χ4n) is 3.67. The Bertz CT molecular complexity index is 939. The van der Waals surface area contributed by atoms with Crippen LogP contribution in [-0.4, -0.2) is 28.9 Å². The van der Waals surface area contributed by atoms with Crippen LogP contribution in [0.3, 0.4) is 0 Å². The minimum Gasteiger partial charge on any atom is -0.486 e. The van der Waals surface area contributed by atoms with Gasteiger partial charge in [-0.15, -0.1) is 0 Å². The Balaban J connectivity index is 1.69. The summed E-state index contributed by atoms with van der Waals surface area (Å²) in [7, 11) is 0. The number of halogens is 1. The fraction of sp³-hybridized carbons (Fsp3) is 0.333. The Labute approximate surface area is 157 Å². The van der Waals surface area contributed by atoms with Gasteiger partial charge in [-0.25, -0.2) is 4.39 Å². The van der Waals surface area contributed by atoms with Crippen LogP contribution in [0.25, 0.3) is 0 Å². The summed E-state index contributed by atoms with van der Waals surface area (Å²) in [6.07, 6.45) is 0.837. The second-order valence-electron chi connectivity index (χ2n) is 7.67. The lowest BCUT2D eigenvalue weighted by Gasteiger charge is -2.30. The van der Waals surface area contributed by atoms with Crippen LogP contribution in [0.4, 0.5) is 10.1 Å². The van der Waals surface area contributed by atoms with Crippen molar-refractivity contribution in [1.82, 2.24) is 4.90 Å². The number of aryl methyl sites for hydroxylation is 1. The molecule has 0 saturated heterocycles. The molecule has 5 nitrogen and oxygen atoms in total. The predicted octanol–water partition coefficient (Wildman–Crippen LogP) is 3.52. The number of carbonyl (C=O) groups excluding carboxylic acids is 2. The van der Waals surface area contributed by atoms with E-state index < -0.39 is 11.4 Å². The monoisotopic (exact) mass is 368 g/mol. The molecule has 0 unspecified atom stereocenters. The van der Waals surface area contributed by atoms with E-state index in [4.69, 9.17) is 4.74 Å². The van der Waals surface area contributed by atoms with Gasteiger partial charge in [-0.05, 0) is 44.0 Å². The maximum absolute atomic E-state index is 14.7. The topological polar surface area (TPSA) is 58.6 Å². The Morgan fingerprint density at radius 3 is 2.78 bits per heavy atom. The molecule has 0 atom stereocenters. The molecule has 4 rings (SSSR count). The zero-order chi connectivity index (χ0) is 19.2. The third-order valence-corrected chi connectivity index (χ3v) is 4.90. The summed E-state index contributed by atoms with van der Waals surface area (Å²) in [5, 5.41) is 2.66. The molecule has 2 aromatic carbocycles. The lowest BCUT2D eigenvalue weighted by Crippen LogP contribution is -2.43. The second-order valence-corrected chi connectivity index (χ2v) is 7.67. The van der Waals surface area contributed by atoms with Crippen LogP contribution in [0.2, 0.25) is 0 Å². The fourth-order valence-corrected chi connectivity index (χ4v) is 3.67. The highest BCUT2D eigenvalue weighted by Crippen LogP contribution is 2.31. The van der Waals surface area contributed by atoms with Gasteiger partial charge in [0.15, 0.2) is 0 Å². The van der Waals surface area contributed by atoms with Crippen molar-refractivity contribution >= 4 is 17.5 Å². The number of anilines is 1. The van der Waals surface area contributed by atoms with Crippen LogP contribution in [0.15, 0.2) is 36.4 Å². The molecule has 0 fully saturated rings. The Kier molecular flexibility index (Phi) is 4.13. The molecule has 27 heavy (non-hydrogen) atoms. The average Bonchev–Trinajstić information content (AvgIpc) is 2.75. The number of fused-ring (bicyclic) bond motifs is 2. The highest BCUT2D eigenvalue weighted by atomic mass is 19.1. The molecule has 6 heteroatoms. The number of nitrogens with zero attached hydrogens (tertiary/aromatic N) is 1. The van der Waals surface area contributed by atoms with Crippen molar-refractivity contribution in [2.24, 2.45) is 0 Å². The number of benzene rings is 2. The van der Waals surface area contributed by atoms with E-state index in [1.54, 1.807) is 11.0 Å². The molecule has 0 aliphatic carbocycles. The van der Waals surface area contributed by atoms with Gasteiger partial charge in [0, 0.05) is 24.2 Å². The van der Waals surface area contributed by atoms with E-state index in [0.717, 1.165) is 16.9 Å².